The minimum atomic E-state index is 0.132. The van der Waals surface area contributed by atoms with Crippen LogP contribution in [0, 0.1) is 0 Å². The topological polar surface area (TPSA) is 29.5 Å². The van der Waals surface area contributed by atoms with Crippen molar-refractivity contribution in [3.63, 3.8) is 0 Å². The molecule has 0 aromatic heterocycles. The Bertz CT molecular complexity index is 480. The minimum Gasteiger partial charge on any atom is -0.504 e. The van der Waals surface area contributed by atoms with Crippen molar-refractivity contribution in [1.29, 1.82) is 0 Å². The van der Waals surface area contributed by atoms with Crippen LogP contribution in [0.15, 0.2) is 30.3 Å². The second-order valence-electron chi connectivity index (χ2n) is 2.95. The number of methoxy groups -OCH3 is 1. The fourth-order valence-electron chi connectivity index (χ4n) is 1.45. The van der Waals surface area contributed by atoms with Gasteiger partial charge in [-0.15, -0.1) is 0 Å². The Morgan fingerprint density at radius 3 is 2.50 bits per heavy atom. The van der Waals surface area contributed by atoms with Gasteiger partial charge in [-0.3, -0.25) is 0 Å². The molecule has 2 aromatic carbocycles. The first-order valence-corrected chi connectivity index (χ1v) is 4.56. The van der Waals surface area contributed by atoms with E-state index in [4.69, 9.17) is 16.3 Å². The molecule has 0 aliphatic carbocycles. The molecule has 2 rings (SSSR count). The first kappa shape index (κ1) is 9.16. The van der Waals surface area contributed by atoms with Gasteiger partial charge in [0.2, 0.25) is 0 Å². The van der Waals surface area contributed by atoms with Gasteiger partial charge < -0.3 is 9.84 Å². The van der Waals surface area contributed by atoms with Gasteiger partial charge >= 0.3 is 0 Å². The zero-order chi connectivity index (χ0) is 10.1. The van der Waals surface area contributed by atoms with Crippen LogP contribution in [-0.2, 0) is 0 Å². The number of phenols is 1. The van der Waals surface area contributed by atoms with Crippen molar-refractivity contribution < 1.29 is 9.84 Å². The smallest absolute Gasteiger partial charge is 0.165 e. The lowest BCUT2D eigenvalue weighted by Crippen LogP contribution is -1.85. The number of hydrogen-bond acceptors (Lipinski definition) is 2. The Morgan fingerprint density at radius 1 is 1.21 bits per heavy atom. The molecule has 0 aliphatic rings. The van der Waals surface area contributed by atoms with E-state index in [2.05, 4.69) is 0 Å². The van der Waals surface area contributed by atoms with Gasteiger partial charge in [-0.1, -0.05) is 35.9 Å². The summed E-state index contributed by atoms with van der Waals surface area (Å²) in [6.45, 7) is 0. The average Bonchev–Trinajstić information content (AvgIpc) is 2.23. The highest BCUT2D eigenvalue weighted by Crippen LogP contribution is 2.38. The van der Waals surface area contributed by atoms with Crippen molar-refractivity contribution in [2.24, 2.45) is 0 Å². The predicted molar refractivity (Wildman–Crippen MR) is 57.2 cm³/mol. The highest BCUT2D eigenvalue weighted by atomic mass is 35.5. The Morgan fingerprint density at radius 2 is 1.86 bits per heavy atom. The third kappa shape index (κ3) is 1.28. The standard InChI is InChI=1S/C11H9ClO2/c1-14-10-6-9(12)7-4-2-3-5-8(7)11(10)13/h2-6,13H,1H3. The molecule has 0 aliphatic heterocycles. The zero-order valence-corrected chi connectivity index (χ0v) is 8.38. The first-order valence-electron chi connectivity index (χ1n) is 4.18. The summed E-state index contributed by atoms with van der Waals surface area (Å²) in [6, 6.07) is 8.99. The van der Waals surface area contributed by atoms with Crippen molar-refractivity contribution in [2.75, 3.05) is 7.11 Å². The van der Waals surface area contributed by atoms with Crippen molar-refractivity contribution in [3.8, 4) is 11.5 Å². The highest BCUT2D eigenvalue weighted by Gasteiger charge is 2.09. The van der Waals surface area contributed by atoms with Gasteiger partial charge in [0.1, 0.15) is 0 Å². The number of fused-ring (bicyclic) bond motifs is 1. The summed E-state index contributed by atoms with van der Waals surface area (Å²) < 4.78 is 5.00. The number of benzene rings is 2. The number of halogens is 1. The number of ether oxygens (including phenoxy) is 1. The molecule has 1 N–H and O–H groups in total. The molecule has 0 radical (unpaired) electrons. The maximum Gasteiger partial charge on any atom is 0.165 e. The van der Waals surface area contributed by atoms with E-state index in [-0.39, 0.29) is 5.75 Å². The number of hydrogen-bond donors (Lipinski definition) is 1. The number of rotatable bonds is 1. The van der Waals surface area contributed by atoms with E-state index < -0.39 is 0 Å². The minimum absolute atomic E-state index is 0.132. The number of phenolic OH excluding ortho intramolecular Hbond substituents is 1. The maximum atomic E-state index is 9.79. The first-order chi connectivity index (χ1) is 6.74. The van der Waals surface area contributed by atoms with Gasteiger partial charge in [-0.25, -0.2) is 0 Å². The van der Waals surface area contributed by atoms with Crippen LogP contribution in [0.25, 0.3) is 10.8 Å². The van der Waals surface area contributed by atoms with Crippen LogP contribution >= 0.6 is 11.6 Å². The fraction of sp³-hybridized carbons (Fsp3) is 0.0909. The van der Waals surface area contributed by atoms with Gasteiger partial charge in [0.15, 0.2) is 11.5 Å². The van der Waals surface area contributed by atoms with E-state index >= 15 is 0 Å². The summed E-state index contributed by atoms with van der Waals surface area (Å²) in [5.41, 5.74) is 0. The third-order valence-corrected chi connectivity index (χ3v) is 2.46. The fourth-order valence-corrected chi connectivity index (χ4v) is 1.71. The summed E-state index contributed by atoms with van der Waals surface area (Å²) in [5, 5.41) is 11.9. The van der Waals surface area contributed by atoms with Crippen LogP contribution in [0.2, 0.25) is 5.02 Å². The van der Waals surface area contributed by atoms with Gasteiger partial charge in [0, 0.05) is 16.8 Å². The van der Waals surface area contributed by atoms with Crippen molar-refractivity contribution in [3.05, 3.63) is 35.4 Å². The van der Waals surface area contributed by atoms with Crippen molar-refractivity contribution in [2.45, 2.75) is 0 Å². The van der Waals surface area contributed by atoms with E-state index in [0.717, 1.165) is 5.39 Å². The molecular weight excluding hydrogens is 200 g/mol. The van der Waals surface area contributed by atoms with Crippen LogP contribution in [0.3, 0.4) is 0 Å². The average molecular weight is 209 g/mol. The molecule has 0 unspecified atom stereocenters. The Labute approximate surface area is 86.7 Å². The van der Waals surface area contributed by atoms with E-state index in [1.807, 2.05) is 18.2 Å². The lowest BCUT2D eigenvalue weighted by atomic mass is 10.1. The lowest BCUT2D eigenvalue weighted by molar-refractivity contribution is 0.376. The molecule has 14 heavy (non-hydrogen) atoms. The maximum absolute atomic E-state index is 9.79. The molecule has 3 heteroatoms. The van der Waals surface area contributed by atoms with E-state index in [1.54, 1.807) is 12.1 Å². The second kappa shape index (κ2) is 3.39. The molecule has 0 fully saturated rings. The quantitative estimate of drug-likeness (QED) is 0.780. The summed E-state index contributed by atoms with van der Waals surface area (Å²) in [5.74, 6) is 0.529. The zero-order valence-electron chi connectivity index (χ0n) is 7.62. The summed E-state index contributed by atoms with van der Waals surface area (Å²) in [6.07, 6.45) is 0. The molecular formula is C11H9ClO2. The molecule has 0 heterocycles. The normalized spacial score (nSPS) is 10.4. The lowest BCUT2D eigenvalue weighted by Gasteiger charge is -2.07. The highest BCUT2D eigenvalue weighted by molar-refractivity contribution is 6.36. The second-order valence-corrected chi connectivity index (χ2v) is 3.36. The van der Waals surface area contributed by atoms with E-state index in [1.165, 1.54) is 7.11 Å². The summed E-state index contributed by atoms with van der Waals surface area (Å²) in [4.78, 5) is 0. The predicted octanol–water partition coefficient (Wildman–Crippen LogP) is 3.21. The van der Waals surface area contributed by atoms with E-state index in [0.29, 0.717) is 16.2 Å². The summed E-state index contributed by atoms with van der Waals surface area (Å²) >= 11 is 6.02. The van der Waals surface area contributed by atoms with Crippen LogP contribution in [-0.4, -0.2) is 12.2 Å². The molecule has 2 nitrogen and oxygen atoms in total. The molecule has 0 saturated carbocycles. The molecule has 72 valence electrons. The molecule has 0 saturated heterocycles. The third-order valence-electron chi connectivity index (χ3n) is 2.15. The molecule has 0 amide bonds. The molecule has 0 spiro atoms. The van der Waals surface area contributed by atoms with Crippen LogP contribution in [0.5, 0.6) is 11.5 Å². The van der Waals surface area contributed by atoms with Crippen LogP contribution in [0.1, 0.15) is 0 Å². The Kier molecular flexibility index (Phi) is 2.22. The Hall–Kier alpha value is -1.41. The van der Waals surface area contributed by atoms with Gasteiger partial charge in [0.05, 0.1) is 12.1 Å². The number of aromatic hydroxyl groups is 1. The summed E-state index contributed by atoms with van der Waals surface area (Å²) in [7, 11) is 1.50. The molecule has 0 bridgehead atoms. The monoisotopic (exact) mass is 208 g/mol. The largest absolute Gasteiger partial charge is 0.504 e. The van der Waals surface area contributed by atoms with E-state index in [9.17, 15) is 5.11 Å². The SMILES string of the molecule is COc1cc(Cl)c2ccccc2c1O. The molecule has 2 aromatic rings. The van der Waals surface area contributed by atoms with Gasteiger partial charge in [-0.2, -0.15) is 0 Å². The van der Waals surface area contributed by atoms with Gasteiger partial charge in [-0.05, 0) is 0 Å². The molecule has 0 atom stereocenters. The van der Waals surface area contributed by atoms with Crippen molar-refractivity contribution >= 4 is 22.4 Å². The van der Waals surface area contributed by atoms with Crippen molar-refractivity contribution in [1.82, 2.24) is 0 Å². The van der Waals surface area contributed by atoms with Crippen LogP contribution < -0.4 is 4.74 Å². The Balaban J connectivity index is 2.87. The van der Waals surface area contributed by atoms with Gasteiger partial charge in [0.25, 0.3) is 0 Å². The van der Waals surface area contributed by atoms with Crippen LogP contribution in [0.4, 0.5) is 0 Å².